The molecular formula is C17H16FN3. The second-order valence-electron chi connectivity index (χ2n) is 5.03. The van der Waals surface area contributed by atoms with Crippen LogP contribution in [0.5, 0.6) is 0 Å². The van der Waals surface area contributed by atoms with Crippen LogP contribution in [0, 0.1) is 12.7 Å². The van der Waals surface area contributed by atoms with E-state index < -0.39 is 0 Å². The van der Waals surface area contributed by atoms with Crippen molar-refractivity contribution >= 4 is 16.7 Å². The zero-order valence-electron chi connectivity index (χ0n) is 12.0. The summed E-state index contributed by atoms with van der Waals surface area (Å²) in [6, 6.07) is 13.6. The van der Waals surface area contributed by atoms with Crippen LogP contribution in [-0.2, 0) is 0 Å². The molecule has 0 unspecified atom stereocenters. The Morgan fingerprint density at radius 1 is 1.10 bits per heavy atom. The molecule has 0 aliphatic carbocycles. The largest absolute Gasteiger partial charge is 0.374 e. The minimum atomic E-state index is -0.344. The molecule has 4 heteroatoms. The van der Waals surface area contributed by atoms with Crippen LogP contribution in [0.1, 0.15) is 24.2 Å². The van der Waals surface area contributed by atoms with Gasteiger partial charge in [-0.3, -0.25) is 4.98 Å². The molecule has 0 spiro atoms. The molecule has 106 valence electrons. The maximum Gasteiger partial charge on any atom is 0.169 e. The van der Waals surface area contributed by atoms with Crippen LogP contribution < -0.4 is 5.32 Å². The molecule has 3 nitrogen and oxygen atoms in total. The standard InChI is InChI=1S/C17H16FN3/c1-11(13-7-4-3-5-8-13)21-17-15(18)12(2)20-14-9-6-10-19-16(14)17/h3-11H,1-2H3,(H,20,21)/t11-/m1/s1. The fraction of sp³-hybridized carbons (Fsp3) is 0.176. The fourth-order valence-corrected chi connectivity index (χ4v) is 2.37. The maximum atomic E-state index is 14.4. The lowest BCUT2D eigenvalue weighted by Gasteiger charge is -2.18. The molecule has 0 aliphatic heterocycles. The van der Waals surface area contributed by atoms with Gasteiger partial charge in [0.2, 0.25) is 0 Å². The Bertz CT molecular complexity index is 772. The van der Waals surface area contributed by atoms with Gasteiger partial charge in [-0.25, -0.2) is 9.37 Å². The van der Waals surface area contributed by atoms with E-state index in [0.29, 0.717) is 22.4 Å². The number of hydrogen-bond acceptors (Lipinski definition) is 3. The third-order valence-corrected chi connectivity index (χ3v) is 3.51. The molecule has 0 amide bonds. The predicted octanol–water partition coefficient (Wildman–Crippen LogP) is 4.25. The van der Waals surface area contributed by atoms with Crippen LogP contribution >= 0.6 is 0 Å². The number of pyridine rings is 2. The Morgan fingerprint density at radius 2 is 1.86 bits per heavy atom. The number of halogens is 1. The van der Waals surface area contributed by atoms with Crippen molar-refractivity contribution < 1.29 is 4.39 Å². The van der Waals surface area contributed by atoms with Crippen molar-refractivity contribution in [3.8, 4) is 0 Å². The summed E-state index contributed by atoms with van der Waals surface area (Å²) in [4.78, 5) is 8.50. The highest BCUT2D eigenvalue weighted by molar-refractivity contribution is 5.88. The molecule has 0 aliphatic rings. The van der Waals surface area contributed by atoms with E-state index in [1.165, 1.54) is 0 Å². The van der Waals surface area contributed by atoms with Gasteiger partial charge in [-0.2, -0.15) is 0 Å². The summed E-state index contributed by atoms with van der Waals surface area (Å²) in [5.41, 5.74) is 3.13. The van der Waals surface area contributed by atoms with Gasteiger partial charge in [-0.05, 0) is 31.5 Å². The number of rotatable bonds is 3. The van der Waals surface area contributed by atoms with E-state index in [9.17, 15) is 4.39 Å². The molecule has 0 saturated heterocycles. The number of benzene rings is 1. The average molecular weight is 281 g/mol. The van der Waals surface area contributed by atoms with E-state index in [-0.39, 0.29) is 11.9 Å². The van der Waals surface area contributed by atoms with Gasteiger partial charge in [0.25, 0.3) is 0 Å². The summed E-state index contributed by atoms with van der Waals surface area (Å²) in [5.74, 6) is -0.344. The molecular weight excluding hydrogens is 265 g/mol. The number of aromatic nitrogens is 2. The van der Waals surface area contributed by atoms with Gasteiger partial charge in [0.05, 0.1) is 11.2 Å². The Kier molecular flexibility index (Phi) is 3.52. The van der Waals surface area contributed by atoms with Crippen molar-refractivity contribution in [1.82, 2.24) is 9.97 Å². The molecule has 0 radical (unpaired) electrons. The van der Waals surface area contributed by atoms with Crippen molar-refractivity contribution in [1.29, 1.82) is 0 Å². The molecule has 0 fully saturated rings. The van der Waals surface area contributed by atoms with Crippen LogP contribution in [0.15, 0.2) is 48.7 Å². The van der Waals surface area contributed by atoms with Gasteiger partial charge >= 0.3 is 0 Å². The summed E-state index contributed by atoms with van der Waals surface area (Å²) >= 11 is 0. The maximum absolute atomic E-state index is 14.4. The first-order valence-electron chi connectivity index (χ1n) is 6.89. The number of nitrogens with one attached hydrogen (secondary N) is 1. The Hall–Kier alpha value is -2.49. The first-order valence-corrected chi connectivity index (χ1v) is 6.89. The zero-order chi connectivity index (χ0) is 14.8. The topological polar surface area (TPSA) is 37.8 Å². The van der Waals surface area contributed by atoms with Crippen molar-refractivity contribution in [3.05, 3.63) is 65.7 Å². The first kappa shape index (κ1) is 13.5. The predicted molar refractivity (Wildman–Crippen MR) is 82.7 cm³/mol. The minimum absolute atomic E-state index is 0.0206. The SMILES string of the molecule is Cc1nc2cccnc2c(N[C@H](C)c2ccccc2)c1F. The second kappa shape index (κ2) is 5.48. The monoisotopic (exact) mass is 281 g/mol. The zero-order valence-corrected chi connectivity index (χ0v) is 12.0. The van der Waals surface area contributed by atoms with Gasteiger partial charge in [-0.15, -0.1) is 0 Å². The highest BCUT2D eigenvalue weighted by Gasteiger charge is 2.16. The third kappa shape index (κ3) is 2.57. The fourth-order valence-electron chi connectivity index (χ4n) is 2.37. The summed E-state index contributed by atoms with van der Waals surface area (Å²) in [6.45, 7) is 3.67. The molecule has 0 saturated carbocycles. The number of hydrogen-bond donors (Lipinski definition) is 1. The molecule has 2 aromatic heterocycles. The van der Waals surface area contributed by atoms with Crippen LogP contribution in [-0.4, -0.2) is 9.97 Å². The van der Waals surface area contributed by atoms with Gasteiger partial charge in [-0.1, -0.05) is 30.3 Å². The van der Waals surface area contributed by atoms with Crippen LogP contribution in [0.4, 0.5) is 10.1 Å². The lowest BCUT2D eigenvalue weighted by Crippen LogP contribution is -2.10. The molecule has 1 N–H and O–H groups in total. The summed E-state index contributed by atoms with van der Waals surface area (Å²) in [5, 5.41) is 3.23. The van der Waals surface area contributed by atoms with Gasteiger partial charge < -0.3 is 5.32 Å². The molecule has 1 atom stereocenters. The molecule has 21 heavy (non-hydrogen) atoms. The van der Waals surface area contributed by atoms with Crippen molar-refractivity contribution in [2.45, 2.75) is 19.9 Å². The number of aryl methyl sites for hydroxylation is 1. The molecule has 2 heterocycles. The van der Waals surface area contributed by atoms with Crippen molar-refractivity contribution in [2.24, 2.45) is 0 Å². The van der Waals surface area contributed by atoms with Crippen molar-refractivity contribution in [2.75, 3.05) is 5.32 Å². The molecule has 0 bridgehead atoms. The number of fused-ring (bicyclic) bond motifs is 1. The molecule has 3 rings (SSSR count). The lowest BCUT2D eigenvalue weighted by molar-refractivity contribution is 0.612. The number of nitrogens with zero attached hydrogens (tertiary/aromatic N) is 2. The van der Waals surface area contributed by atoms with Crippen LogP contribution in [0.3, 0.4) is 0 Å². The quantitative estimate of drug-likeness (QED) is 0.780. The van der Waals surface area contributed by atoms with E-state index >= 15 is 0 Å². The van der Waals surface area contributed by atoms with E-state index in [4.69, 9.17) is 0 Å². The van der Waals surface area contributed by atoms with Crippen LogP contribution in [0.25, 0.3) is 11.0 Å². The van der Waals surface area contributed by atoms with E-state index in [1.54, 1.807) is 19.2 Å². The van der Waals surface area contributed by atoms with E-state index in [0.717, 1.165) is 5.56 Å². The lowest BCUT2D eigenvalue weighted by atomic mass is 10.1. The van der Waals surface area contributed by atoms with E-state index in [2.05, 4.69) is 15.3 Å². The highest BCUT2D eigenvalue weighted by atomic mass is 19.1. The Labute approximate surface area is 122 Å². The Morgan fingerprint density at radius 3 is 2.62 bits per heavy atom. The second-order valence-corrected chi connectivity index (χ2v) is 5.03. The Balaban J connectivity index is 2.06. The summed E-state index contributed by atoms with van der Waals surface area (Å²) < 4.78 is 14.4. The molecule has 3 aromatic rings. The van der Waals surface area contributed by atoms with Gasteiger partial charge in [0.1, 0.15) is 11.2 Å². The average Bonchev–Trinajstić information content (AvgIpc) is 2.52. The van der Waals surface area contributed by atoms with Crippen molar-refractivity contribution in [3.63, 3.8) is 0 Å². The number of anilines is 1. The highest BCUT2D eigenvalue weighted by Crippen LogP contribution is 2.28. The first-order chi connectivity index (χ1) is 10.2. The third-order valence-electron chi connectivity index (χ3n) is 3.51. The molecule has 1 aromatic carbocycles. The van der Waals surface area contributed by atoms with Crippen LogP contribution in [0.2, 0.25) is 0 Å². The smallest absolute Gasteiger partial charge is 0.169 e. The summed E-state index contributed by atoms with van der Waals surface area (Å²) in [6.07, 6.45) is 1.65. The van der Waals surface area contributed by atoms with E-state index in [1.807, 2.05) is 43.3 Å². The normalized spacial score (nSPS) is 12.3. The van der Waals surface area contributed by atoms with Gasteiger partial charge in [0, 0.05) is 12.2 Å². The summed E-state index contributed by atoms with van der Waals surface area (Å²) in [7, 11) is 0. The minimum Gasteiger partial charge on any atom is -0.374 e. The van der Waals surface area contributed by atoms with Gasteiger partial charge in [0.15, 0.2) is 5.82 Å².